The second-order valence-electron chi connectivity index (χ2n) is 7.15. The van der Waals surface area contributed by atoms with Crippen LogP contribution >= 0.6 is 11.6 Å². The standard InChI is InChI=1S/C21H41ClO3/c1-2-3-4-5-6-7-8-9-10-11-12-13-14-15-16-17-21(24)25-20(18-22)19-23/h20,23H,2-19H2,1H3/t20-/m1/s1. The van der Waals surface area contributed by atoms with Gasteiger partial charge in [0.2, 0.25) is 0 Å². The zero-order valence-corrected chi connectivity index (χ0v) is 17.2. The molecule has 0 aliphatic heterocycles. The van der Waals surface area contributed by atoms with Gasteiger partial charge >= 0.3 is 5.97 Å². The van der Waals surface area contributed by atoms with Gasteiger partial charge in [-0.05, 0) is 6.42 Å². The first kappa shape index (κ1) is 24.7. The third-order valence-electron chi connectivity index (χ3n) is 4.66. The summed E-state index contributed by atoms with van der Waals surface area (Å²) in [7, 11) is 0. The van der Waals surface area contributed by atoms with Crippen LogP contribution in [0, 0.1) is 0 Å². The van der Waals surface area contributed by atoms with Crippen LogP contribution < -0.4 is 0 Å². The summed E-state index contributed by atoms with van der Waals surface area (Å²) in [5, 5.41) is 8.92. The molecule has 25 heavy (non-hydrogen) atoms. The molecule has 0 aliphatic carbocycles. The van der Waals surface area contributed by atoms with Gasteiger partial charge in [0.25, 0.3) is 0 Å². The SMILES string of the molecule is CCCCCCCCCCCCCCCCCC(=O)O[C@@H](CO)CCl. The Hall–Kier alpha value is -0.280. The van der Waals surface area contributed by atoms with Crippen molar-refractivity contribution in [3.05, 3.63) is 0 Å². The lowest BCUT2D eigenvalue weighted by atomic mass is 10.0. The Bertz CT molecular complexity index is 280. The van der Waals surface area contributed by atoms with Gasteiger partial charge in [0.1, 0.15) is 6.10 Å². The van der Waals surface area contributed by atoms with Crippen molar-refractivity contribution >= 4 is 17.6 Å². The predicted molar refractivity (Wildman–Crippen MR) is 107 cm³/mol. The first-order chi connectivity index (χ1) is 12.2. The third-order valence-corrected chi connectivity index (χ3v) is 5.00. The van der Waals surface area contributed by atoms with E-state index in [0.717, 1.165) is 12.8 Å². The Morgan fingerprint density at radius 1 is 0.800 bits per heavy atom. The van der Waals surface area contributed by atoms with E-state index < -0.39 is 6.10 Å². The summed E-state index contributed by atoms with van der Waals surface area (Å²) in [5.41, 5.74) is 0. The highest BCUT2D eigenvalue weighted by Crippen LogP contribution is 2.14. The highest BCUT2D eigenvalue weighted by molar-refractivity contribution is 6.18. The van der Waals surface area contributed by atoms with Crippen LogP contribution in [0.4, 0.5) is 0 Å². The maximum atomic E-state index is 11.5. The average molecular weight is 377 g/mol. The molecule has 0 unspecified atom stereocenters. The molecule has 0 aliphatic rings. The monoisotopic (exact) mass is 376 g/mol. The summed E-state index contributed by atoms with van der Waals surface area (Å²) < 4.78 is 5.05. The van der Waals surface area contributed by atoms with Gasteiger partial charge in [0.15, 0.2) is 0 Å². The molecule has 0 aromatic rings. The van der Waals surface area contributed by atoms with Crippen LogP contribution in [-0.2, 0) is 9.53 Å². The second-order valence-corrected chi connectivity index (χ2v) is 7.46. The zero-order chi connectivity index (χ0) is 18.6. The molecule has 0 rings (SSSR count). The zero-order valence-electron chi connectivity index (χ0n) is 16.4. The lowest BCUT2D eigenvalue weighted by Crippen LogP contribution is -2.23. The summed E-state index contributed by atoms with van der Waals surface area (Å²) in [6.45, 7) is 2.07. The number of unbranched alkanes of at least 4 members (excludes halogenated alkanes) is 14. The number of aliphatic hydroxyl groups excluding tert-OH is 1. The van der Waals surface area contributed by atoms with Crippen molar-refractivity contribution in [2.24, 2.45) is 0 Å². The smallest absolute Gasteiger partial charge is 0.306 e. The van der Waals surface area contributed by atoms with Crippen molar-refractivity contribution < 1.29 is 14.6 Å². The fourth-order valence-corrected chi connectivity index (χ4v) is 3.16. The predicted octanol–water partition coefficient (Wildman–Crippen LogP) is 6.39. The van der Waals surface area contributed by atoms with Gasteiger partial charge in [-0.1, -0.05) is 96.8 Å². The number of hydrogen-bond donors (Lipinski definition) is 1. The Balaban J connectivity index is 3.17. The van der Waals surface area contributed by atoms with E-state index in [2.05, 4.69) is 6.92 Å². The van der Waals surface area contributed by atoms with E-state index in [4.69, 9.17) is 21.4 Å². The number of carbonyl (C=O) groups excluding carboxylic acids is 1. The van der Waals surface area contributed by atoms with Crippen molar-refractivity contribution in [3.63, 3.8) is 0 Å². The van der Waals surface area contributed by atoms with Crippen molar-refractivity contribution in [1.82, 2.24) is 0 Å². The van der Waals surface area contributed by atoms with Gasteiger partial charge in [0.05, 0.1) is 12.5 Å². The number of hydrogen-bond acceptors (Lipinski definition) is 3. The lowest BCUT2D eigenvalue weighted by molar-refractivity contribution is -0.149. The van der Waals surface area contributed by atoms with Crippen molar-refractivity contribution in [2.45, 2.75) is 116 Å². The van der Waals surface area contributed by atoms with Gasteiger partial charge in [-0.3, -0.25) is 4.79 Å². The molecule has 0 aromatic carbocycles. The van der Waals surface area contributed by atoms with E-state index in [-0.39, 0.29) is 18.5 Å². The number of carbonyl (C=O) groups is 1. The topological polar surface area (TPSA) is 46.5 Å². The minimum absolute atomic E-state index is 0.154. The van der Waals surface area contributed by atoms with Gasteiger partial charge in [-0.2, -0.15) is 0 Å². The third kappa shape index (κ3) is 18.3. The maximum Gasteiger partial charge on any atom is 0.306 e. The number of ether oxygens (including phenoxy) is 1. The summed E-state index contributed by atoms with van der Waals surface area (Å²) in [5.74, 6) is -0.0874. The van der Waals surface area contributed by atoms with Crippen LogP contribution in [0.3, 0.4) is 0 Å². The molecule has 150 valence electrons. The summed E-state index contributed by atoms with van der Waals surface area (Å²) >= 11 is 5.57. The molecule has 0 aromatic heterocycles. The Kier molecular flexibility index (Phi) is 19.8. The largest absolute Gasteiger partial charge is 0.459 e. The number of esters is 1. The van der Waals surface area contributed by atoms with E-state index >= 15 is 0 Å². The molecule has 4 heteroatoms. The molecule has 0 spiro atoms. The highest BCUT2D eigenvalue weighted by atomic mass is 35.5. The minimum Gasteiger partial charge on any atom is -0.459 e. The van der Waals surface area contributed by atoms with E-state index in [1.807, 2.05) is 0 Å². The molecular weight excluding hydrogens is 336 g/mol. The number of halogens is 1. The summed E-state index contributed by atoms with van der Waals surface area (Å²) in [4.78, 5) is 11.5. The lowest BCUT2D eigenvalue weighted by Gasteiger charge is -2.12. The number of alkyl halides is 1. The van der Waals surface area contributed by atoms with Crippen LogP contribution in [0.2, 0.25) is 0 Å². The fraction of sp³-hybridized carbons (Fsp3) is 0.952. The van der Waals surface area contributed by atoms with Gasteiger partial charge in [0, 0.05) is 6.42 Å². The highest BCUT2D eigenvalue weighted by Gasteiger charge is 2.11. The van der Waals surface area contributed by atoms with Gasteiger partial charge in [-0.25, -0.2) is 0 Å². The Morgan fingerprint density at radius 3 is 1.56 bits per heavy atom. The van der Waals surface area contributed by atoms with E-state index in [9.17, 15) is 4.79 Å². The summed E-state index contributed by atoms with van der Waals surface area (Å²) in [6.07, 6.45) is 19.6. The van der Waals surface area contributed by atoms with Crippen molar-refractivity contribution in [3.8, 4) is 0 Å². The maximum absolute atomic E-state index is 11.5. The molecule has 0 saturated heterocycles. The Labute approximate surface area is 160 Å². The first-order valence-electron chi connectivity index (χ1n) is 10.6. The molecule has 0 heterocycles. The van der Waals surface area contributed by atoms with Gasteiger partial charge < -0.3 is 9.84 Å². The van der Waals surface area contributed by atoms with Crippen LogP contribution in [0.15, 0.2) is 0 Å². The minimum atomic E-state index is -0.550. The second kappa shape index (κ2) is 20.0. The number of aliphatic hydroxyl groups is 1. The molecule has 3 nitrogen and oxygen atoms in total. The van der Waals surface area contributed by atoms with E-state index in [1.54, 1.807) is 0 Å². The van der Waals surface area contributed by atoms with Crippen LogP contribution in [0.1, 0.15) is 110 Å². The average Bonchev–Trinajstić information content (AvgIpc) is 2.62. The van der Waals surface area contributed by atoms with Crippen molar-refractivity contribution in [2.75, 3.05) is 12.5 Å². The fourth-order valence-electron chi connectivity index (χ4n) is 3.00. The molecule has 1 N–H and O–H groups in total. The quantitative estimate of drug-likeness (QED) is 0.161. The first-order valence-corrected chi connectivity index (χ1v) is 11.1. The molecule has 0 radical (unpaired) electrons. The molecule has 0 saturated carbocycles. The summed E-state index contributed by atoms with van der Waals surface area (Å²) in [6, 6.07) is 0. The normalized spacial score (nSPS) is 12.3. The molecular formula is C21H41ClO3. The van der Waals surface area contributed by atoms with E-state index in [0.29, 0.717) is 6.42 Å². The number of rotatable bonds is 19. The van der Waals surface area contributed by atoms with Crippen LogP contribution in [0.25, 0.3) is 0 Å². The molecule has 0 fully saturated rings. The molecule has 1 atom stereocenters. The van der Waals surface area contributed by atoms with Gasteiger partial charge in [-0.15, -0.1) is 11.6 Å². The van der Waals surface area contributed by atoms with Crippen molar-refractivity contribution in [1.29, 1.82) is 0 Å². The Morgan fingerprint density at radius 2 is 1.20 bits per heavy atom. The molecule has 0 amide bonds. The molecule has 0 bridgehead atoms. The van der Waals surface area contributed by atoms with Crippen LogP contribution in [0.5, 0.6) is 0 Å². The van der Waals surface area contributed by atoms with Crippen LogP contribution in [-0.4, -0.2) is 29.7 Å². The van der Waals surface area contributed by atoms with E-state index in [1.165, 1.54) is 83.5 Å².